The minimum Gasteiger partial charge on any atom is -0.455 e. The molecule has 0 aromatic heterocycles. The lowest BCUT2D eigenvalue weighted by atomic mass is 10.1. The summed E-state index contributed by atoms with van der Waals surface area (Å²) in [4.78, 5) is 24.3. The van der Waals surface area contributed by atoms with Crippen molar-refractivity contribution in [2.75, 3.05) is 13.1 Å². The van der Waals surface area contributed by atoms with Gasteiger partial charge in [-0.15, -0.1) is 0 Å². The fraction of sp³-hybridized carbons (Fsp3) is 0.833. The van der Waals surface area contributed by atoms with Crippen LogP contribution in [-0.4, -0.2) is 60.0 Å². The highest BCUT2D eigenvalue weighted by molar-refractivity contribution is 7.87. The van der Waals surface area contributed by atoms with Gasteiger partial charge in [0.1, 0.15) is 11.7 Å². The van der Waals surface area contributed by atoms with Crippen molar-refractivity contribution in [3.05, 3.63) is 0 Å². The van der Waals surface area contributed by atoms with Crippen LogP contribution < -0.4 is 0 Å². The number of hydrogen-bond donors (Lipinski definition) is 1. The molecule has 1 unspecified atom stereocenters. The third kappa shape index (κ3) is 5.27. The van der Waals surface area contributed by atoms with Gasteiger partial charge in [-0.05, 0) is 33.6 Å². The van der Waals surface area contributed by atoms with E-state index in [1.165, 1.54) is 4.90 Å². The molecular weight excluding hydrogens is 340 g/mol. The molecule has 1 aliphatic heterocycles. The van der Waals surface area contributed by atoms with Crippen LogP contribution in [0.25, 0.3) is 0 Å². The van der Waals surface area contributed by atoms with E-state index in [0.29, 0.717) is 6.42 Å². The van der Waals surface area contributed by atoms with E-state index in [2.05, 4.69) is 4.74 Å². The van der Waals surface area contributed by atoms with Crippen LogP contribution in [0.15, 0.2) is 0 Å². The van der Waals surface area contributed by atoms with Crippen molar-refractivity contribution >= 4 is 22.2 Å². The average molecular weight is 359 g/mol. The van der Waals surface area contributed by atoms with Crippen LogP contribution in [0.5, 0.6) is 0 Å². The number of likely N-dealkylation sites (tertiary alicyclic amines) is 1. The first-order chi connectivity index (χ1) is 10.2. The Morgan fingerprint density at radius 3 is 2.30 bits per heavy atom. The van der Waals surface area contributed by atoms with Crippen molar-refractivity contribution in [1.82, 2.24) is 4.90 Å². The van der Waals surface area contributed by atoms with Crippen molar-refractivity contribution in [2.45, 2.75) is 50.6 Å². The summed E-state index contributed by atoms with van der Waals surface area (Å²) < 4.78 is 65.1. The molecule has 1 rings (SSSR count). The van der Waals surface area contributed by atoms with Gasteiger partial charge in [-0.25, -0.2) is 9.59 Å². The Labute approximate surface area is 132 Å². The molecule has 0 aromatic carbocycles. The molecule has 23 heavy (non-hydrogen) atoms. The molecule has 1 atom stereocenters. The lowest BCUT2D eigenvalue weighted by Crippen LogP contribution is -2.48. The molecule has 1 fully saturated rings. The van der Waals surface area contributed by atoms with Gasteiger partial charge in [-0.1, -0.05) is 0 Å². The number of halogens is 2. The van der Waals surface area contributed by atoms with Gasteiger partial charge in [0.25, 0.3) is 0 Å². The zero-order valence-electron chi connectivity index (χ0n) is 12.9. The molecule has 0 radical (unpaired) electrons. The largest absolute Gasteiger partial charge is 0.465 e. The second-order valence-electron chi connectivity index (χ2n) is 6.09. The van der Waals surface area contributed by atoms with Crippen LogP contribution in [0, 0.1) is 0 Å². The fourth-order valence-electron chi connectivity index (χ4n) is 1.85. The first-order valence-electron chi connectivity index (χ1n) is 6.78. The molecule has 1 saturated heterocycles. The molecule has 1 amide bonds. The number of amides is 1. The van der Waals surface area contributed by atoms with Crippen LogP contribution >= 0.6 is 0 Å². The van der Waals surface area contributed by atoms with E-state index < -0.39 is 39.1 Å². The molecule has 134 valence electrons. The van der Waals surface area contributed by atoms with E-state index in [0.717, 1.165) is 0 Å². The van der Waals surface area contributed by atoms with Crippen molar-refractivity contribution < 1.29 is 40.8 Å². The Morgan fingerprint density at radius 2 is 1.83 bits per heavy atom. The monoisotopic (exact) mass is 359 g/mol. The molecule has 0 aliphatic carbocycles. The normalized spacial score (nSPS) is 20.1. The van der Waals surface area contributed by atoms with Gasteiger partial charge in [0.05, 0.1) is 6.54 Å². The summed E-state index contributed by atoms with van der Waals surface area (Å²) in [5.74, 6) is -2.38. The Balaban J connectivity index is 2.70. The molecule has 1 aliphatic rings. The zero-order valence-corrected chi connectivity index (χ0v) is 13.7. The van der Waals surface area contributed by atoms with Crippen LogP contribution in [0.3, 0.4) is 0 Å². The molecule has 0 bridgehead atoms. The van der Waals surface area contributed by atoms with Crippen molar-refractivity contribution in [3.8, 4) is 0 Å². The summed E-state index contributed by atoms with van der Waals surface area (Å²) in [6.45, 7) is 5.04. The number of alkyl halides is 2. The first-order valence-corrected chi connectivity index (χ1v) is 8.22. The summed E-state index contributed by atoms with van der Waals surface area (Å²) in [5.41, 5.74) is -0.751. The van der Waals surface area contributed by atoms with E-state index in [4.69, 9.17) is 9.29 Å². The molecule has 8 nitrogen and oxygen atoms in total. The number of hydrogen-bond acceptors (Lipinski definition) is 6. The number of esters is 1. The van der Waals surface area contributed by atoms with Gasteiger partial charge < -0.3 is 14.4 Å². The highest BCUT2D eigenvalue weighted by atomic mass is 32.2. The van der Waals surface area contributed by atoms with E-state index in [9.17, 15) is 26.8 Å². The first kappa shape index (κ1) is 19.6. The number of rotatable bonds is 3. The molecule has 0 aromatic rings. The van der Waals surface area contributed by atoms with Gasteiger partial charge in [-0.2, -0.15) is 17.2 Å². The summed E-state index contributed by atoms with van der Waals surface area (Å²) >= 11 is 0. The standard InChI is InChI=1S/C12H19F2NO7S/c1-11(2,3)22-10(17)15-6-4-5-8(7-15)21-9(16)12(13,14)23(18,19)20/h8H,4-7H2,1-3H3,(H,18,19,20). The maximum Gasteiger partial charge on any atom is 0.465 e. The number of piperidine rings is 1. The van der Waals surface area contributed by atoms with Crippen molar-refractivity contribution in [3.63, 3.8) is 0 Å². The van der Waals surface area contributed by atoms with E-state index >= 15 is 0 Å². The average Bonchev–Trinajstić information content (AvgIpc) is 2.35. The van der Waals surface area contributed by atoms with Crippen LogP contribution in [0.4, 0.5) is 13.6 Å². The number of ether oxygens (including phenoxy) is 2. The molecule has 1 heterocycles. The Kier molecular flexibility index (Phi) is 5.57. The number of carbonyl (C=O) groups excluding carboxylic acids is 2. The zero-order chi connectivity index (χ0) is 18.1. The third-order valence-corrected chi connectivity index (χ3v) is 3.68. The van der Waals surface area contributed by atoms with E-state index in [-0.39, 0.29) is 19.5 Å². The molecule has 0 spiro atoms. The van der Waals surface area contributed by atoms with Crippen molar-refractivity contribution in [2.24, 2.45) is 0 Å². The third-order valence-electron chi connectivity index (χ3n) is 2.87. The highest BCUT2D eigenvalue weighted by Crippen LogP contribution is 2.25. The molecule has 1 N–H and O–H groups in total. The Morgan fingerprint density at radius 1 is 1.26 bits per heavy atom. The minimum absolute atomic E-state index is 0.173. The summed E-state index contributed by atoms with van der Waals surface area (Å²) in [6, 6.07) is 0. The van der Waals surface area contributed by atoms with Gasteiger partial charge in [0.15, 0.2) is 0 Å². The van der Waals surface area contributed by atoms with Gasteiger partial charge in [-0.3, -0.25) is 4.55 Å². The second-order valence-corrected chi connectivity index (χ2v) is 7.55. The van der Waals surface area contributed by atoms with Crippen molar-refractivity contribution in [1.29, 1.82) is 0 Å². The predicted molar refractivity (Wildman–Crippen MR) is 73.4 cm³/mol. The smallest absolute Gasteiger partial charge is 0.455 e. The van der Waals surface area contributed by atoms with E-state index in [1.807, 2.05) is 0 Å². The lowest BCUT2D eigenvalue weighted by Gasteiger charge is -2.34. The lowest BCUT2D eigenvalue weighted by molar-refractivity contribution is -0.169. The maximum atomic E-state index is 13.1. The summed E-state index contributed by atoms with van der Waals surface area (Å²) in [7, 11) is -5.92. The number of carbonyl (C=O) groups is 2. The van der Waals surface area contributed by atoms with Gasteiger partial charge >= 0.3 is 27.4 Å². The topological polar surface area (TPSA) is 110 Å². The van der Waals surface area contributed by atoms with E-state index in [1.54, 1.807) is 20.8 Å². The highest BCUT2D eigenvalue weighted by Gasteiger charge is 2.55. The fourth-order valence-corrected chi connectivity index (χ4v) is 2.11. The minimum atomic E-state index is -5.92. The summed E-state index contributed by atoms with van der Waals surface area (Å²) in [5, 5.41) is -5.05. The molecule has 0 saturated carbocycles. The molecule has 11 heteroatoms. The summed E-state index contributed by atoms with van der Waals surface area (Å²) in [6.07, 6.45) is -1.28. The number of nitrogens with zero attached hydrogens (tertiary/aromatic N) is 1. The SMILES string of the molecule is CC(C)(C)OC(=O)N1CCCC(OC(=O)C(F)(F)S(=O)(=O)O)C1. The second kappa shape index (κ2) is 6.56. The predicted octanol–water partition coefficient (Wildman–Crippen LogP) is 1.41. The van der Waals surface area contributed by atoms with Gasteiger partial charge in [0.2, 0.25) is 0 Å². The Hall–Kier alpha value is -1.49. The van der Waals surface area contributed by atoms with Gasteiger partial charge in [0, 0.05) is 6.54 Å². The van der Waals surface area contributed by atoms with Crippen LogP contribution in [0.1, 0.15) is 33.6 Å². The quantitative estimate of drug-likeness (QED) is 0.599. The maximum absolute atomic E-state index is 13.1. The van der Waals surface area contributed by atoms with Crippen LogP contribution in [0.2, 0.25) is 0 Å². The Bertz CT molecular complexity index is 570. The molecular formula is C12H19F2NO7S. The van der Waals surface area contributed by atoms with Crippen LogP contribution in [-0.2, 0) is 24.4 Å².